The van der Waals surface area contributed by atoms with Crippen LogP contribution in [0.4, 0.5) is 0 Å². The number of nitrogens with one attached hydrogen (secondary N) is 1. The van der Waals surface area contributed by atoms with Crippen molar-refractivity contribution in [3.8, 4) is 0 Å². The Morgan fingerprint density at radius 1 is 0.415 bits per heavy atom. The third kappa shape index (κ3) is 51.8. The van der Waals surface area contributed by atoms with Crippen molar-refractivity contribution in [2.75, 3.05) is 13.2 Å². The van der Waals surface area contributed by atoms with Crippen molar-refractivity contribution in [3.63, 3.8) is 0 Å². The smallest absolute Gasteiger partial charge is 0.305 e. The number of ether oxygens (including phenoxy) is 1. The lowest BCUT2D eigenvalue weighted by molar-refractivity contribution is -0.143. The van der Waals surface area contributed by atoms with E-state index in [0.29, 0.717) is 19.4 Å². The summed E-state index contributed by atoms with van der Waals surface area (Å²) in [6.45, 7) is 4.92. The summed E-state index contributed by atoms with van der Waals surface area (Å²) < 4.78 is 5.47. The number of aliphatic hydroxyl groups excluding tert-OH is 2. The second-order valence-corrected chi connectivity index (χ2v) is 20.3. The molecule has 0 rings (SSSR count). The van der Waals surface area contributed by atoms with Gasteiger partial charge in [0.05, 0.1) is 25.4 Å². The van der Waals surface area contributed by atoms with Gasteiger partial charge in [-0.25, -0.2) is 0 Å². The van der Waals surface area contributed by atoms with E-state index in [-0.39, 0.29) is 18.5 Å². The number of unbranched alkanes of at least 4 members (excludes halogenated alkanes) is 44. The van der Waals surface area contributed by atoms with Crippen molar-refractivity contribution >= 4 is 11.9 Å². The Morgan fingerprint density at radius 2 is 0.708 bits per heavy atom. The van der Waals surface area contributed by atoms with E-state index < -0.39 is 12.1 Å². The lowest BCUT2D eigenvalue weighted by Gasteiger charge is -2.20. The van der Waals surface area contributed by atoms with Gasteiger partial charge in [-0.3, -0.25) is 9.59 Å². The van der Waals surface area contributed by atoms with Crippen LogP contribution in [-0.2, 0) is 14.3 Å². The molecule has 0 saturated carbocycles. The van der Waals surface area contributed by atoms with E-state index in [1.807, 2.05) is 6.08 Å². The van der Waals surface area contributed by atoms with Gasteiger partial charge < -0.3 is 20.3 Å². The molecule has 0 fully saturated rings. The minimum atomic E-state index is -0.846. The predicted octanol–water partition coefficient (Wildman–Crippen LogP) is 18.1. The van der Waals surface area contributed by atoms with Crippen molar-refractivity contribution in [1.82, 2.24) is 5.32 Å². The second-order valence-electron chi connectivity index (χ2n) is 20.3. The van der Waals surface area contributed by atoms with Gasteiger partial charge in [-0.1, -0.05) is 296 Å². The predicted molar refractivity (Wildman–Crippen MR) is 283 cm³/mol. The maximum absolute atomic E-state index is 12.5. The van der Waals surface area contributed by atoms with Crippen LogP contribution in [0.1, 0.15) is 328 Å². The summed E-state index contributed by atoms with van der Waals surface area (Å²) in [4.78, 5) is 24.5. The Labute approximate surface area is 406 Å². The number of esters is 1. The number of carbonyl (C=O) groups is 2. The van der Waals surface area contributed by atoms with Crippen LogP contribution in [0, 0.1) is 0 Å². The van der Waals surface area contributed by atoms with E-state index in [1.165, 1.54) is 263 Å². The summed E-state index contributed by atoms with van der Waals surface area (Å²) in [5.74, 6) is -0.0607. The quantitative estimate of drug-likeness (QED) is 0.0321. The first-order valence-corrected chi connectivity index (χ1v) is 29.5. The molecule has 6 nitrogen and oxygen atoms in total. The highest BCUT2D eigenvalue weighted by molar-refractivity contribution is 5.76. The molecule has 0 aromatic rings. The number of allylic oxidation sites excluding steroid dienone is 1. The zero-order valence-corrected chi connectivity index (χ0v) is 44.0. The fraction of sp³-hybridized carbons (Fsp3) is 0.932. The molecule has 0 radical (unpaired) electrons. The van der Waals surface area contributed by atoms with E-state index >= 15 is 0 Å². The largest absolute Gasteiger partial charge is 0.466 e. The van der Waals surface area contributed by atoms with Gasteiger partial charge in [-0.05, 0) is 32.1 Å². The van der Waals surface area contributed by atoms with Crippen molar-refractivity contribution in [3.05, 3.63) is 12.2 Å². The molecule has 0 saturated heterocycles. The van der Waals surface area contributed by atoms with Crippen molar-refractivity contribution in [1.29, 1.82) is 0 Å². The van der Waals surface area contributed by atoms with E-state index in [2.05, 4.69) is 19.2 Å². The first-order valence-electron chi connectivity index (χ1n) is 29.5. The standard InChI is InChI=1S/C59H115NO5/c1-3-5-7-9-11-13-15-17-18-21-24-28-31-35-39-43-47-51-57(62)56(55-61)60-58(63)52-48-44-40-36-32-29-25-22-19-20-23-26-30-34-38-42-46-50-54-65-59(64)53-49-45-41-37-33-27-16-14-12-10-8-6-4-2/h47,51,56-57,61-62H,3-46,48-50,52-55H2,1-2H3,(H,60,63)/b51-47+. The monoisotopic (exact) mass is 918 g/mol. The summed E-state index contributed by atoms with van der Waals surface area (Å²) in [5.41, 5.74) is 0. The molecule has 1 amide bonds. The normalized spacial score (nSPS) is 12.6. The SMILES string of the molecule is CCCCCCCCCCCCCCCCC/C=C/C(O)C(CO)NC(=O)CCCCCCCCCCCCCCCCCCCCOC(=O)CCCCCCCCCCCCCCC. The summed E-state index contributed by atoms with van der Waals surface area (Å²) in [6, 6.07) is -0.630. The first-order chi connectivity index (χ1) is 32.0. The van der Waals surface area contributed by atoms with Gasteiger partial charge in [0.25, 0.3) is 0 Å². The third-order valence-corrected chi connectivity index (χ3v) is 13.8. The van der Waals surface area contributed by atoms with Gasteiger partial charge in [-0.15, -0.1) is 0 Å². The van der Waals surface area contributed by atoms with Crippen LogP contribution in [0.15, 0.2) is 12.2 Å². The van der Waals surface area contributed by atoms with Crippen LogP contribution >= 0.6 is 0 Å². The summed E-state index contributed by atoms with van der Waals surface area (Å²) in [6.07, 6.45) is 65.2. The Morgan fingerprint density at radius 3 is 1.05 bits per heavy atom. The fourth-order valence-electron chi connectivity index (χ4n) is 9.28. The van der Waals surface area contributed by atoms with Crippen LogP contribution in [0.5, 0.6) is 0 Å². The molecule has 0 bridgehead atoms. The van der Waals surface area contributed by atoms with E-state index in [4.69, 9.17) is 4.74 Å². The third-order valence-electron chi connectivity index (χ3n) is 13.8. The molecule has 0 aliphatic heterocycles. The topological polar surface area (TPSA) is 95.9 Å². The minimum absolute atomic E-state index is 0.00859. The molecule has 6 heteroatoms. The number of hydrogen-bond acceptors (Lipinski definition) is 5. The number of rotatable bonds is 55. The van der Waals surface area contributed by atoms with Crippen LogP contribution in [0.25, 0.3) is 0 Å². The number of amides is 1. The second kappa shape index (κ2) is 55.2. The molecule has 2 unspecified atom stereocenters. The maximum atomic E-state index is 12.5. The molecule has 2 atom stereocenters. The summed E-state index contributed by atoms with van der Waals surface area (Å²) >= 11 is 0. The Balaban J connectivity index is 3.43. The van der Waals surface area contributed by atoms with Crippen LogP contribution in [0.2, 0.25) is 0 Å². The van der Waals surface area contributed by atoms with Gasteiger partial charge in [0.15, 0.2) is 0 Å². The molecular weight excluding hydrogens is 803 g/mol. The molecule has 0 aliphatic carbocycles. The van der Waals surface area contributed by atoms with Crippen LogP contribution in [0.3, 0.4) is 0 Å². The average molecular weight is 919 g/mol. The van der Waals surface area contributed by atoms with Crippen molar-refractivity contribution in [2.24, 2.45) is 0 Å². The zero-order chi connectivity index (χ0) is 47.2. The number of aliphatic hydroxyl groups is 2. The number of hydrogen-bond donors (Lipinski definition) is 3. The Bertz CT molecular complexity index is 970. The Hall–Kier alpha value is -1.40. The van der Waals surface area contributed by atoms with Crippen LogP contribution < -0.4 is 5.32 Å². The molecule has 0 aromatic heterocycles. The van der Waals surface area contributed by atoms with Gasteiger partial charge >= 0.3 is 5.97 Å². The minimum Gasteiger partial charge on any atom is -0.466 e. The lowest BCUT2D eigenvalue weighted by atomic mass is 10.0. The highest BCUT2D eigenvalue weighted by Crippen LogP contribution is 2.17. The zero-order valence-electron chi connectivity index (χ0n) is 44.0. The highest BCUT2D eigenvalue weighted by Gasteiger charge is 2.18. The summed E-state index contributed by atoms with van der Waals surface area (Å²) in [7, 11) is 0. The van der Waals surface area contributed by atoms with Gasteiger partial charge in [0.2, 0.25) is 5.91 Å². The van der Waals surface area contributed by atoms with E-state index in [0.717, 1.165) is 38.5 Å². The molecule has 0 aliphatic rings. The van der Waals surface area contributed by atoms with E-state index in [1.54, 1.807) is 6.08 Å². The summed E-state index contributed by atoms with van der Waals surface area (Å²) in [5, 5.41) is 23.1. The fourth-order valence-corrected chi connectivity index (χ4v) is 9.28. The lowest BCUT2D eigenvalue weighted by Crippen LogP contribution is -2.45. The Kier molecular flexibility index (Phi) is 54.0. The highest BCUT2D eigenvalue weighted by atomic mass is 16.5. The molecule has 3 N–H and O–H groups in total. The van der Waals surface area contributed by atoms with E-state index in [9.17, 15) is 19.8 Å². The maximum Gasteiger partial charge on any atom is 0.305 e. The van der Waals surface area contributed by atoms with Crippen molar-refractivity contribution in [2.45, 2.75) is 341 Å². The first kappa shape index (κ1) is 63.6. The molecule has 0 aromatic carbocycles. The molecular formula is C59H115NO5. The molecule has 0 spiro atoms. The van der Waals surface area contributed by atoms with Gasteiger partial charge in [-0.2, -0.15) is 0 Å². The van der Waals surface area contributed by atoms with Gasteiger partial charge in [0.1, 0.15) is 0 Å². The van der Waals surface area contributed by atoms with Crippen molar-refractivity contribution < 1.29 is 24.5 Å². The van der Waals surface area contributed by atoms with Crippen LogP contribution in [-0.4, -0.2) is 47.4 Å². The molecule has 65 heavy (non-hydrogen) atoms. The average Bonchev–Trinajstić information content (AvgIpc) is 3.31. The molecule has 0 heterocycles. The molecule has 386 valence electrons. The number of carbonyl (C=O) groups excluding carboxylic acids is 2. The van der Waals surface area contributed by atoms with Gasteiger partial charge in [0, 0.05) is 12.8 Å².